The molecule has 1 saturated carbocycles. The van der Waals surface area contributed by atoms with Crippen LogP contribution in [0.1, 0.15) is 41.0 Å². The lowest BCUT2D eigenvalue weighted by Gasteiger charge is -2.16. The van der Waals surface area contributed by atoms with Gasteiger partial charge in [-0.2, -0.15) is 5.10 Å². The molecule has 1 aliphatic rings. The van der Waals surface area contributed by atoms with Gasteiger partial charge < -0.3 is 10.6 Å². The lowest BCUT2D eigenvalue weighted by Crippen LogP contribution is -2.30. The number of oxime groups is 1. The van der Waals surface area contributed by atoms with Gasteiger partial charge in [0.05, 0.1) is 10.4 Å². The molecule has 1 fully saturated rings. The van der Waals surface area contributed by atoms with Gasteiger partial charge in [0.25, 0.3) is 6.43 Å². The SMILES string of the molecule is Cn1nc(C(=O)O/N=C(\N)C2(c3cccc(F)c3Cl)CC2)cc1C(F)F. The van der Waals surface area contributed by atoms with E-state index >= 15 is 0 Å². The summed E-state index contributed by atoms with van der Waals surface area (Å²) in [5.74, 6) is -1.67. The van der Waals surface area contributed by atoms with Crippen molar-refractivity contribution in [2.24, 2.45) is 17.9 Å². The Labute approximate surface area is 151 Å². The number of alkyl halides is 2. The highest BCUT2D eigenvalue weighted by Gasteiger charge is 2.50. The second kappa shape index (κ2) is 6.64. The molecule has 0 spiro atoms. The Morgan fingerprint density at radius 2 is 2.15 bits per heavy atom. The highest BCUT2D eigenvalue weighted by atomic mass is 35.5. The van der Waals surface area contributed by atoms with Crippen LogP contribution in [0.4, 0.5) is 13.2 Å². The van der Waals surface area contributed by atoms with E-state index in [1.165, 1.54) is 19.2 Å². The maximum Gasteiger partial charge on any atom is 0.385 e. The molecule has 0 saturated heterocycles. The first-order chi connectivity index (χ1) is 12.3. The highest BCUT2D eigenvalue weighted by molar-refractivity contribution is 6.32. The van der Waals surface area contributed by atoms with Crippen LogP contribution in [-0.4, -0.2) is 21.6 Å². The molecule has 6 nitrogen and oxygen atoms in total. The van der Waals surface area contributed by atoms with Gasteiger partial charge in [-0.15, -0.1) is 0 Å². The first-order valence-electron chi connectivity index (χ1n) is 7.58. The van der Waals surface area contributed by atoms with Crippen LogP contribution in [0.25, 0.3) is 0 Å². The molecule has 0 unspecified atom stereocenters. The molecule has 1 aromatic carbocycles. The van der Waals surface area contributed by atoms with E-state index in [0.29, 0.717) is 18.4 Å². The smallest absolute Gasteiger partial charge is 0.384 e. The summed E-state index contributed by atoms with van der Waals surface area (Å²) in [7, 11) is 1.28. The molecule has 1 heterocycles. The molecule has 0 amide bonds. The summed E-state index contributed by atoms with van der Waals surface area (Å²) >= 11 is 5.99. The van der Waals surface area contributed by atoms with E-state index in [4.69, 9.17) is 22.2 Å². The molecule has 1 aliphatic carbocycles. The first-order valence-corrected chi connectivity index (χ1v) is 7.96. The van der Waals surface area contributed by atoms with Gasteiger partial charge in [-0.05, 0) is 24.5 Å². The Balaban J connectivity index is 1.79. The second-order valence-electron chi connectivity index (χ2n) is 5.92. The number of nitrogens with two attached hydrogens (primary N) is 1. The minimum Gasteiger partial charge on any atom is -0.384 e. The number of benzene rings is 1. The average Bonchev–Trinajstić information content (AvgIpc) is 3.30. The Morgan fingerprint density at radius 3 is 2.73 bits per heavy atom. The molecule has 10 heteroatoms. The predicted molar refractivity (Wildman–Crippen MR) is 87.5 cm³/mol. The molecule has 3 rings (SSSR count). The third-order valence-corrected chi connectivity index (χ3v) is 4.67. The van der Waals surface area contributed by atoms with Gasteiger partial charge in [0, 0.05) is 13.1 Å². The van der Waals surface area contributed by atoms with Gasteiger partial charge >= 0.3 is 5.97 Å². The van der Waals surface area contributed by atoms with Crippen LogP contribution >= 0.6 is 11.6 Å². The molecule has 0 atom stereocenters. The van der Waals surface area contributed by atoms with Crippen LogP contribution < -0.4 is 5.73 Å². The van der Waals surface area contributed by atoms with Crippen LogP contribution in [0.15, 0.2) is 29.4 Å². The van der Waals surface area contributed by atoms with Crippen LogP contribution in [-0.2, 0) is 17.3 Å². The lowest BCUT2D eigenvalue weighted by atomic mass is 9.94. The number of aryl methyl sites for hydroxylation is 1. The standard InChI is InChI=1S/C16H14ClF3N4O2/c1-24-11(13(19)20)7-10(22-24)14(25)26-23-15(21)16(5-6-16)8-3-2-4-9(18)12(8)17/h2-4,7,13H,5-6H2,1H3,(H2,21,23). The van der Waals surface area contributed by atoms with Crippen molar-refractivity contribution >= 4 is 23.4 Å². The molecule has 2 aromatic rings. The van der Waals surface area contributed by atoms with Crippen molar-refractivity contribution < 1.29 is 22.8 Å². The van der Waals surface area contributed by atoms with Crippen molar-refractivity contribution in [3.63, 3.8) is 0 Å². The van der Waals surface area contributed by atoms with Crippen LogP contribution in [0.2, 0.25) is 5.02 Å². The van der Waals surface area contributed by atoms with Crippen LogP contribution in [0, 0.1) is 5.82 Å². The third-order valence-electron chi connectivity index (χ3n) is 4.28. The number of hydrogen-bond acceptors (Lipinski definition) is 4. The average molecular weight is 387 g/mol. The summed E-state index contributed by atoms with van der Waals surface area (Å²) in [6.07, 6.45) is -1.67. The van der Waals surface area contributed by atoms with Crippen molar-refractivity contribution in [3.8, 4) is 0 Å². The topological polar surface area (TPSA) is 82.5 Å². The number of carbonyl (C=O) groups excluding carboxylic acids is 1. The molecule has 2 N–H and O–H groups in total. The Morgan fingerprint density at radius 1 is 1.46 bits per heavy atom. The van der Waals surface area contributed by atoms with Crippen molar-refractivity contribution in [1.29, 1.82) is 0 Å². The normalized spacial score (nSPS) is 16.0. The Hall–Kier alpha value is -2.55. The summed E-state index contributed by atoms with van der Waals surface area (Å²) in [5, 5.41) is 7.18. The van der Waals surface area contributed by atoms with Gasteiger partial charge in [-0.1, -0.05) is 28.9 Å². The molecule has 0 radical (unpaired) electrons. The fraction of sp³-hybridized carbons (Fsp3) is 0.312. The molecule has 138 valence electrons. The zero-order chi connectivity index (χ0) is 19.1. The monoisotopic (exact) mass is 386 g/mol. The predicted octanol–water partition coefficient (Wildman–Crippen LogP) is 3.31. The maximum absolute atomic E-state index is 13.7. The van der Waals surface area contributed by atoms with Gasteiger partial charge in [-0.25, -0.2) is 18.0 Å². The number of amidine groups is 1. The Bertz CT molecular complexity index is 894. The summed E-state index contributed by atoms with van der Waals surface area (Å²) < 4.78 is 40.0. The van der Waals surface area contributed by atoms with Gasteiger partial charge in [-0.3, -0.25) is 4.68 Å². The number of nitrogens with zero attached hydrogens (tertiary/aromatic N) is 3. The van der Waals surface area contributed by atoms with Crippen molar-refractivity contribution in [2.75, 3.05) is 0 Å². The molecule has 0 aliphatic heterocycles. The van der Waals surface area contributed by atoms with Crippen molar-refractivity contribution in [1.82, 2.24) is 9.78 Å². The fourth-order valence-electron chi connectivity index (χ4n) is 2.67. The quantitative estimate of drug-likeness (QED) is 0.370. The number of halogens is 4. The van der Waals surface area contributed by atoms with E-state index in [2.05, 4.69) is 10.3 Å². The first kappa shape index (κ1) is 18.2. The third kappa shape index (κ3) is 3.14. The van der Waals surface area contributed by atoms with Gasteiger partial charge in [0.1, 0.15) is 11.5 Å². The van der Waals surface area contributed by atoms with E-state index in [1.807, 2.05) is 0 Å². The van der Waals surface area contributed by atoms with E-state index < -0.39 is 29.3 Å². The number of aromatic nitrogens is 2. The maximum atomic E-state index is 13.7. The van der Waals surface area contributed by atoms with Crippen molar-refractivity contribution in [2.45, 2.75) is 24.7 Å². The summed E-state index contributed by atoms with van der Waals surface area (Å²) in [6, 6.07) is 5.25. The lowest BCUT2D eigenvalue weighted by molar-refractivity contribution is 0.0506. The fourth-order valence-corrected chi connectivity index (χ4v) is 2.98. The van der Waals surface area contributed by atoms with E-state index in [9.17, 15) is 18.0 Å². The summed E-state index contributed by atoms with van der Waals surface area (Å²) in [4.78, 5) is 16.7. The summed E-state index contributed by atoms with van der Waals surface area (Å²) in [6.45, 7) is 0. The highest BCUT2D eigenvalue weighted by Crippen LogP contribution is 2.51. The van der Waals surface area contributed by atoms with Crippen molar-refractivity contribution in [3.05, 3.63) is 52.1 Å². The molecule has 1 aromatic heterocycles. The van der Waals surface area contributed by atoms with Gasteiger partial charge in [0.15, 0.2) is 11.5 Å². The van der Waals surface area contributed by atoms with Crippen LogP contribution in [0.5, 0.6) is 0 Å². The molecule has 26 heavy (non-hydrogen) atoms. The van der Waals surface area contributed by atoms with Gasteiger partial charge in [0.2, 0.25) is 0 Å². The molecule has 0 bridgehead atoms. The zero-order valence-electron chi connectivity index (χ0n) is 13.5. The number of carbonyl (C=O) groups is 1. The largest absolute Gasteiger partial charge is 0.385 e. The molecular formula is C16H14ClF3N4O2. The van der Waals surface area contributed by atoms with E-state index in [0.717, 1.165) is 10.7 Å². The minimum absolute atomic E-state index is 0.0524. The summed E-state index contributed by atoms with van der Waals surface area (Å²) in [5.41, 5.74) is 4.81. The molecular weight excluding hydrogens is 373 g/mol. The number of hydrogen-bond donors (Lipinski definition) is 1. The Kier molecular flexibility index (Phi) is 4.66. The van der Waals surface area contributed by atoms with E-state index in [-0.39, 0.29) is 16.6 Å². The number of rotatable bonds is 5. The van der Waals surface area contributed by atoms with E-state index in [1.54, 1.807) is 6.07 Å². The second-order valence-corrected chi connectivity index (χ2v) is 6.30. The minimum atomic E-state index is -2.78. The van der Waals surface area contributed by atoms with Crippen LogP contribution in [0.3, 0.4) is 0 Å². The zero-order valence-corrected chi connectivity index (χ0v) is 14.3.